The number of carbonyl (C=O) groups is 1. The van der Waals surface area contributed by atoms with Crippen molar-refractivity contribution in [1.29, 1.82) is 0 Å². The molecular weight excluding hydrogens is 238 g/mol. The van der Waals surface area contributed by atoms with Crippen LogP contribution in [0.5, 0.6) is 0 Å². The summed E-state index contributed by atoms with van der Waals surface area (Å²) >= 11 is 6.16. The molecule has 1 unspecified atom stereocenters. The molecule has 1 heterocycles. The maximum absolute atomic E-state index is 11.7. The fourth-order valence-electron chi connectivity index (χ4n) is 2.51. The number of benzene rings is 1. The van der Waals surface area contributed by atoms with Gasteiger partial charge in [0.2, 0.25) is 0 Å². The van der Waals surface area contributed by atoms with Gasteiger partial charge in [-0.1, -0.05) is 29.8 Å². The van der Waals surface area contributed by atoms with Gasteiger partial charge in [0.1, 0.15) is 0 Å². The molecule has 0 aromatic heterocycles. The van der Waals surface area contributed by atoms with Crippen LogP contribution in [-0.4, -0.2) is 24.2 Å². The van der Waals surface area contributed by atoms with Gasteiger partial charge in [0.15, 0.2) is 0 Å². The summed E-state index contributed by atoms with van der Waals surface area (Å²) in [5.41, 5.74) is -0.0835. The molecule has 1 fully saturated rings. The van der Waals surface area contributed by atoms with E-state index in [0.29, 0.717) is 17.9 Å². The quantitative estimate of drug-likeness (QED) is 0.851. The van der Waals surface area contributed by atoms with E-state index < -0.39 is 11.4 Å². The topological polar surface area (TPSA) is 49.3 Å². The standard InChI is InChI=1S/C13H16ClNO2/c14-11-5-2-1-4-10(11)13(12(16)17)6-3-8-15-9-7-13/h1-2,4-5,15H,3,6-9H2,(H,16,17). The van der Waals surface area contributed by atoms with Crippen LogP contribution in [0.25, 0.3) is 0 Å². The summed E-state index contributed by atoms with van der Waals surface area (Å²) < 4.78 is 0. The fraction of sp³-hybridized carbons (Fsp3) is 0.462. The van der Waals surface area contributed by atoms with E-state index in [9.17, 15) is 9.90 Å². The van der Waals surface area contributed by atoms with E-state index in [4.69, 9.17) is 11.6 Å². The molecule has 1 saturated heterocycles. The van der Waals surface area contributed by atoms with Crippen LogP contribution in [0, 0.1) is 0 Å². The minimum absolute atomic E-state index is 0.553. The summed E-state index contributed by atoms with van der Waals surface area (Å²) in [5, 5.41) is 13.4. The van der Waals surface area contributed by atoms with Crippen LogP contribution in [0.1, 0.15) is 24.8 Å². The van der Waals surface area contributed by atoms with Crippen LogP contribution in [-0.2, 0) is 10.2 Å². The average molecular weight is 254 g/mol. The molecule has 0 aliphatic carbocycles. The number of carboxylic acid groups (broad SMARTS) is 1. The molecule has 3 nitrogen and oxygen atoms in total. The minimum Gasteiger partial charge on any atom is -0.481 e. The van der Waals surface area contributed by atoms with Crippen LogP contribution in [0.4, 0.5) is 0 Å². The predicted molar refractivity (Wildman–Crippen MR) is 67.5 cm³/mol. The predicted octanol–water partition coefficient (Wildman–Crippen LogP) is 2.44. The number of rotatable bonds is 2. The van der Waals surface area contributed by atoms with Gasteiger partial charge in [-0.2, -0.15) is 0 Å². The first-order chi connectivity index (χ1) is 8.17. The van der Waals surface area contributed by atoms with Crippen LogP contribution in [0.15, 0.2) is 24.3 Å². The second-order valence-corrected chi connectivity index (χ2v) is 4.88. The third-order valence-electron chi connectivity index (χ3n) is 3.48. The van der Waals surface area contributed by atoms with Gasteiger partial charge in [-0.15, -0.1) is 0 Å². The van der Waals surface area contributed by atoms with Gasteiger partial charge < -0.3 is 10.4 Å². The first kappa shape index (κ1) is 12.4. The molecule has 0 radical (unpaired) electrons. The van der Waals surface area contributed by atoms with Gasteiger partial charge in [-0.3, -0.25) is 4.79 Å². The Labute approximate surface area is 106 Å². The van der Waals surface area contributed by atoms with Gasteiger partial charge >= 0.3 is 5.97 Å². The largest absolute Gasteiger partial charge is 0.481 e. The maximum atomic E-state index is 11.7. The SMILES string of the molecule is O=C(O)C1(c2ccccc2Cl)CCCNCC1. The molecular formula is C13H16ClNO2. The Bertz CT molecular complexity index is 412. The third-order valence-corrected chi connectivity index (χ3v) is 3.81. The highest BCUT2D eigenvalue weighted by molar-refractivity contribution is 6.31. The zero-order chi connectivity index (χ0) is 12.3. The van der Waals surface area contributed by atoms with Gasteiger partial charge in [-0.25, -0.2) is 0 Å². The van der Waals surface area contributed by atoms with Crippen molar-refractivity contribution >= 4 is 17.6 Å². The Morgan fingerprint density at radius 3 is 2.76 bits per heavy atom. The lowest BCUT2D eigenvalue weighted by Crippen LogP contribution is -2.37. The highest BCUT2D eigenvalue weighted by atomic mass is 35.5. The Balaban J connectivity index is 2.46. The molecule has 1 aromatic carbocycles. The normalized spacial score (nSPS) is 25.2. The summed E-state index contributed by atoms with van der Waals surface area (Å²) in [6, 6.07) is 7.28. The van der Waals surface area contributed by atoms with Crippen molar-refractivity contribution < 1.29 is 9.90 Å². The zero-order valence-corrected chi connectivity index (χ0v) is 10.3. The van der Waals surface area contributed by atoms with Crippen LogP contribution >= 0.6 is 11.6 Å². The number of hydrogen-bond acceptors (Lipinski definition) is 2. The van der Waals surface area contributed by atoms with Crippen molar-refractivity contribution in [3.63, 3.8) is 0 Å². The summed E-state index contributed by atoms with van der Waals surface area (Å²) in [6.45, 7) is 1.59. The number of halogens is 1. The van der Waals surface area contributed by atoms with Crippen LogP contribution in [0.3, 0.4) is 0 Å². The van der Waals surface area contributed by atoms with E-state index in [0.717, 1.165) is 25.1 Å². The molecule has 0 bridgehead atoms. The Morgan fingerprint density at radius 1 is 1.29 bits per heavy atom. The Hall–Kier alpha value is -1.06. The number of hydrogen-bond donors (Lipinski definition) is 2. The molecule has 17 heavy (non-hydrogen) atoms. The van der Waals surface area contributed by atoms with Crippen molar-refractivity contribution in [3.05, 3.63) is 34.9 Å². The van der Waals surface area contributed by atoms with Crippen molar-refractivity contribution in [1.82, 2.24) is 5.32 Å². The summed E-state index contributed by atoms with van der Waals surface area (Å²) in [4.78, 5) is 11.7. The van der Waals surface area contributed by atoms with Gasteiger partial charge in [0, 0.05) is 5.02 Å². The van der Waals surface area contributed by atoms with E-state index in [2.05, 4.69) is 5.32 Å². The van der Waals surface area contributed by atoms with Gasteiger partial charge in [0.05, 0.1) is 5.41 Å². The smallest absolute Gasteiger partial charge is 0.314 e. The van der Waals surface area contributed by atoms with Gasteiger partial charge in [-0.05, 0) is 44.0 Å². The first-order valence-corrected chi connectivity index (χ1v) is 6.24. The van der Waals surface area contributed by atoms with E-state index in [1.165, 1.54) is 0 Å². The third kappa shape index (κ3) is 2.31. The highest BCUT2D eigenvalue weighted by Crippen LogP contribution is 2.38. The molecule has 0 spiro atoms. The molecule has 1 aliphatic rings. The lowest BCUT2D eigenvalue weighted by atomic mass is 9.74. The fourth-order valence-corrected chi connectivity index (χ4v) is 2.83. The Kier molecular flexibility index (Phi) is 3.69. The number of aliphatic carboxylic acids is 1. The monoisotopic (exact) mass is 253 g/mol. The van der Waals surface area contributed by atoms with Crippen molar-refractivity contribution in [3.8, 4) is 0 Å². The molecule has 0 amide bonds. The van der Waals surface area contributed by atoms with Crippen molar-refractivity contribution in [2.75, 3.05) is 13.1 Å². The van der Waals surface area contributed by atoms with E-state index in [-0.39, 0.29) is 0 Å². The zero-order valence-electron chi connectivity index (χ0n) is 9.58. The van der Waals surface area contributed by atoms with Crippen LogP contribution < -0.4 is 5.32 Å². The molecule has 92 valence electrons. The molecule has 2 N–H and O–H groups in total. The molecule has 1 atom stereocenters. The number of carboxylic acids is 1. The number of nitrogens with one attached hydrogen (secondary N) is 1. The van der Waals surface area contributed by atoms with E-state index >= 15 is 0 Å². The lowest BCUT2D eigenvalue weighted by molar-refractivity contribution is -0.144. The second-order valence-electron chi connectivity index (χ2n) is 4.47. The van der Waals surface area contributed by atoms with Gasteiger partial charge in [0.25, 0.3) is 0 Å². The molecule has 1 aliphatic heterocycles. The summed E-state index contributed by atoms with van der Waals surface area (Å²) in [5.74, 6) is -0.769. The van der Waals surface area contributed by atoms with Crippen molar-refractivity contribution in [2.24, 2.45) is 0 Å². The minimum atomic E-state index is -0.832. The Morgan fingerprint density at radius 2 is 2.06 bits per heavy atom. The summed E-state index contributed by atoms with van der Waals surface area (Å²) in [6.07, 6.45) is 2.09. The maximum Gasteiger partial charge on any atom is 0.314 e. The van der Waals surface area contributed by atoms with Crippen LogP contribution in [0.2, 0.25) is 5.02 Å². The van der Waals surface area contributed by atoms with E-state index in [1.807, 2.05) is 18.2 Å². The summed E-state index contributed by atoms with van der Waals surface area (Å²) in [7, 11) is 0. The highest BCUT2D eigenvalue weighted by Gasteiger charge is 2.41. The molecule has 2 rings (SSSR count). The lowest BCUT2D eigenvalue weighted by Gasteiger charge is -2.29. The first-order valence-electron chi connectivity index (χ1n) is 5.86. The van der Waals surface area contributed by atoms with Crippen molar-refractivity contribution in [2.45, 2.75) is 24.7 Å². The second kappa shape index (κ2) is 5.07. The molecule has 0 saturated carbocycles. The average Bonchev–Trinajstić information content (AvgIpc) is 2.56. The molecule has 4 heteroatoms. The van der Waals surface area contributed by atoms with E-state index in [1.54, 1.807) is 6.07 Å². The molecule has 1 aromatic rings.